The van der Waals surface area contributed by atoms with Gasteiger partial charge in [-0.1, -0.05) is 17.6 Å². The summed E-state index contributed by atoms with van der Waals surface area (Å²) in [6.45, 7) is 3.39. The molecule has 12 heavy (non-hydrogen) atoms. The third-order valence-electron chi connectivity index (χ3n) is 1.95. The molecule has 1 aromatic carbocycles. The van der Waals surface area contributed by atoms with Crippen LogP contribution in [0.5, 0.6) is 0 Å². The Hall–Kier alpha value is -0.955. The van der Waals surface area contributed by atoms with Crippen LogP contribution < -0.4 is 11.2 Å². The fourth-order valence-electron chi connectivity index (χ4n) is 1.07. The molecule has 0 heterocycles. The van der Waals surface area contributed by atoms with E-state index in [0.717, 1.165) is 17.8 Å². The van der Waals surface area contributed by atoms with E-state index in [2.05, 4.69) is 0 Å². The zero-order valence-electron chi connectivity index (χ0n) is 7.63. The van der Waals surface area contributed by atoms with Crippen molar-refractivity contribution >= 4 is 19.0 Å². The van der Waals surface area contributed by atoms with Gasteiger partial charge in [0, 0.05) is 12.3 Å². The van der Waals surface area contributed by atoms with E-state index in [9.17, 15) is 0 Å². The van der Waals surface area contributed by atoms with Crippen LogP contribution in [0.25, 0.3) is 0 Å². The Balaban J connectivity index is 2.78. The zero-order valence-corrected chi connectivity index (χ0v) is 7.63. The molecule has 1 aromatic rings. The number of benzene rings is 1. The number of hydrogen-bond donors (Lipinski definition) is 1. The van der Waals surface area contributed by atoms with Crippen molar-refractivity contribution in [3.8, 4) is 0 Å². The SMILES string of the molecule is Bc1c(N)cccc1COCC. The van der Waals surface area contributed by atoms with Crippen LogP contribution in [0.1, 0.15) is 12.5 Å². The van der Waals surface area contributed by atoms with Crippen LogP contribution in [0, 0.1) is 0 Å². The van der Waals surface area contributed by atoms with Gasteiger partial charge in [-0.15, -0.1) is 0 Å². The molecule has 2 N–H and O–H groups in total. The average molecular weight is 163 g/mol. The molecule has 0 fully saturated rings. The lowest BCUT2D eigenvalue weighted by atomic mass is 9.89. The Morgan fingerprint density at radius 3 is 2.92 bits per heavy atom. The minimum Gasteiger partial charge on any atom is -0.399 e. The first kappa shape index (κ1) is 9.14. The van der Waals surface area contributed by atoms with Crippen LogP contribution in [-0.4, -0.2) is 14.5 Å². The van der Waals surface area contributed by atoms with Crippen molar-refractivity contribution in [3.63, 3.8) is 0 Å². The molecule has 0 unspecified atom stereocenters. The van der Waals surface area contributed by atoms with Gasteiger partial charge in [-0.25, -0.2) is 0 Å². The minimum absolute atomic E-state index is 0.660. The topological polar surface area (TPSA) is 35.2 Å². The van der Waals surface area contributed by atoms with Crippen molar-refractivity contribution in [3.05, 3.63) is 23.8 Å². The quantitative estimate of drug-likeness (QED) is 0.505. The van der Waals surface area contributed by atoms with Crippen LogP contribution in [0.2, 0.25) is 0 Å². The molecule has 3 heteroatoms. The summed E-state index contributed by atoms with van der Waals surface area (Å²) in [5.74, 6) is 0. The van der Waals surface area contributed by atoms with Gasteiger partial charge in [0.05, 0.1) is 6.61 Å². The highest BCUT2D eigenvalue weighted by atomic mass is 16.5. The normalized spacial score (nSPS) is 10.1. The zero-order chi connectivity index (χ0) is 8.97. The van der Waals surface area contributed by atoms with E-state index in [-0.39, 0.29) is 0 Å². The first-order chi connectivity index (χ1) is 5.75. The highest BCUT2D eigenvalue weighted by Gasteiger charge is 1.99. The molecule has 0 aliphatic rings. The molecule has 0 bridgehead atoms. The lowest BCUT2D eigenvalue weighted by Gasteiger charge is -2.07. The lowest BCUT2D eigenvalue weighted by molar-refractivity contribution is 0.134. The number of rotatable bonds is 3. The lowest BCUT2D eigenvalue weighted by Crippen LogP contribution is -2.16. The molecule has 2 nitrogen and oxygen atoms in total. The average Bonchev–Trinajstić information content (AvgIpc) is 2.08. The Kier molecular flexibility index (Phi) is 3.17. The Morgan fingerprint density at radius 1 is 1.50 bits per heavy atom. The number of nitrogen functional groups attached to an aromatic ring is 1. The second-order valence-electron chi connectivity index (χ2n) is 2.77. The summed E-state index contributed by atoms with van der Waals surface area (Å²) in [6.07, 6.45) is 0. The van der Waals surface area contributed by atoms with Crippen LogP contribution >= 0.6 is 0 Å². The molecule has 0 spiro atoms. The van der Waals surface area contributed by atoms with Crippen LogP contribution in [0.3, 0.4) is 0 Å². The summed E-state index contributed by atoms with van der Waals surface area (Å²) < 4.78 is 5.30. The van der Waals surface area contributed by atoms with Crippen LogP contribution in [-0.2, 0) is 11.3 Å². The van der Waals surface area contributed by atoms with Crippen molar-refractivity contribution in [2.75, 3.05) is 12.3 Å². The molecule has 0 saturated heterocycles. The predicted molar refractivity (Wildman–Crippen MR) is 54.4 cm³/mol. The van der Waals surface area contributed by atoms with Crippen molar-refractivity contribution < 1.29 is 4.74 Å². The second kappa shape index (κ2) is 4.17. The summed E-state index contributed by atoms with van der Waals surface area (Å²) in [4.78, 5) is 0. The van der Waals surface area contributed by atoms with Gasteiger partial charge >= 0.3 is 0 Å². The molecule has 0 amide bonds. The molecule has 0 atom stereocenters. The number of hydrogen-bond acceptors (Lipinski definition) is 2. The van der Waals surface area contributed by atoms with E-state index < -0.39 is 0 Å². The van der Waals surface area contributed by atoms with Gasteiger partial charge in [0.1, 0.15) is 7.85 Å². The fraction of sp³-hybridized carbons (Fsp3) is 0.333. The molecule has 0 radical (unpaired) electrons. The molecule has 64 valence electrons. The number of ether oxygens (including phenoxy) is 1. The Bertz CT molecular complexity index is 263. The highest BCUT2D eigenvalue weighted by Crippen LogP contribution is 2.03. The van der Waals surface area contributed by atoms with E-state index in [1.54, 1.807) is 0 Å². The summed E-state index contributed by atoms with van der Waals surface area (Å²) >= 11 is 0. The first-order valence-corrected chi connectivity index (χ1v) is 4.17. The standard InChI is InChI=1S/C9H14BNO/c1-2-12-6-7-4-3-5-8(11)9(7)10/h3-5H,2,6,10-11H2,1H3. The third kappa shape index (κ3) is 2.01. The maximum atomic E-state index is 5.74. The maximum Gasteiger partial charge on any atom is 0.142 e. The van der Waals surface area contributed by atoms with E-state index in [4.69, 9.17) is 10.5 Å². The van der Waals surface area contributed by atoms with Crippen molar-refractivity contribution in [1.29, 1.82) is 0 Å². The van der Waals surface area contributed by atoms with Crippen molar-refractivity contribution in [2.45, 2.75) is 13.5 Å². The van der Waals surface area contributed by atoms with Crippen molar-refractivity contribution in [2.24, 2.45) is 0 Å². The number of anilines is 1. The largest absolute Gasteiger partial charge is 0.399 e. The number of nitrogens with two attached hydrogens (primary N) is 1. The highest BCUT2D eigenvalue weighted by molar-refractivity contribution is 6.36. The molecular weight excluding hydrogens is 149 g/mol. The minimum atomic E-state index is 0.660. The summed E-state index contributed by atoms with van der Waals surface area (Å²) in [7, 11) is 2.02. The molecule has 0 saturated carbocycles. The van der Waals surface area contributed by atoms with Gasteiger partial charge in [0.25, 0.3) is 0 Å². The molecular formula is C9H14BNO. The Labute approximate surface area is 74.1 Å². The summed E-state index contributed by atoms with van der Waals surface area (Å²) in [6, 6.07) is 5.91. The summed E-state index contributed by atoms with van der Waals surface area (Å²) in [5, 5.41) is 0. The third-order valence-corrected chi connectivity index (χ3v) is 1.95. The predicted octanol–water partition coefficient (Wildman–Crippen LogP) is 0.0637. The van der Waals surface area contributed by atoms with Gasteiger partial charge in [-0.3, -0.25) is 0 Å². The van der Waals surface area contributed by atoms with Gasteiger partial charge in [-0.05, 0) is 18.6 Å². The second-order valence-corrected chi connectivity index (χ2v) is 2.77. The molecule has 0 aromatic heterocycles. The van der Waals surface area contributed by atoms with E-state index in [0.29, 0.717) is 6.61 Å². The summed E-state index contributed by atoms with van der Waals surface area (Å²) in [5.41, 5.74) is 8.88. The van der Waals surface area contributed by atoms with E-state index in [1.165, 1.54) is 5.56 Å². The van der Waals surface area contributed by atoms with Gasteiger partial charge < -0.3 is 10.5 Å². The van der Waals surface area contributed by atoms with E-state index >= 15 is 0 Å². The maximum absolute atomic E-state index is 5.74. The van der Waals surface area contributed by atoms with Crippen LogP contribution in [0.15, 0.2) is 18.2 Å². The van der Waals surface area contributed by atoms with Gasteiger partial charge in [-0.2, -0.15) is 0 Å². The molecule has 1 rings (SSSR count). The van der Waals surface area contributed by atoms with E-state index in [1.807, 2.05) is 33.0 Å². The molecule has 0 aliphatic heterocycles. The first-order valence-electron chi connectivity index (χ1n) is 4.17. The monoisotopic (exact) mass is 163 g/mol. The van der Waals surface area contributed by atoms with Crippen molar-refractivity contribution in [1.82, 2.24) is 0 Å². The van der Waals surface area contributed by atoms with Crippen LogP contribution in [0.4, 0.5) is 5.69 Å². The Morgan fingerprint density at radius 2 is 2.25 bits per heavy atom. The van der Waals surface area contributed by atoms with Gasteiger partial charge in [0.2, 0.25) is 0 Å². The fourth-order valence-corrected chi connectivity index (χ4v) is 1.07. The smallest absolute Gasteiger partial charge is 0.142 e. The van der Waals surface area contributed by atoms with Gasteiger partial charge in [0.15, 0.2) is 0 Å². The molecule has 0 aliphatic carbocycles.